The van der Waals surface area contributed by atoms with E-state index >= 15 is 0 Å². The normalized spacial score (nSPS) is 18.3. The van der Waals surface area contributed by atoms with Crippen LogP contribution in [-0.2, 0) is 16.7 Å². The highest BCUT2D eigenvalue weighted by molar-refractivity contribution is 5.78. The summed E-state index contributed by atoms with van der Waals surface area (Å²) in [5, 5.41) is 9.35. The molecule has 5 rings (SSSR count). The summed E-state index contributed by atoms with van der Waals surface area (Å²) in [6.07, 6.45) is 1.85. The van der Waals surface area contributed by atoms with Crippen molar-refractivity contribution in [3.8, 4) is 0 Å². The van der Waals surface area contributed by atoms with Gasteiger partial charge in [0.15, 0.2) is 5.49 Å². The van der Waals surface area contributed by atoms with Gasteiger partial charge in [0.05, 0.1) is 10.9 Å². The maximum Gasteiger partial charge on any atom is 0.156 e. The number of rotatable bonds is 0. The van der Waals surface area contributed by atoms with Gasteiger partial charge in [-0.1, -0.05) is 36.4 Å². The van der Waals surface area contributed by atoms with Crippen molar-refractivity contribution in [2.24, 2.45) is 0 Å². The van der Waals surface area contributed by atoms with Crippen LogP contribution in [0.2, 0.25) is 0 Å². The molecule has 1 saturated heterocycles. The lowest BCUT2D eigenvalue weighted by atomic mass is 9.70. The van der Waals surface area contributed by atoms with E-state index in [1.54, 1.807) is 0 Å². The Bertz CT molecular complexity index is 999. The number of nitrogens with zero attached hydrogens (tertiary/aromatic N) is 2. The Morgan fingerprint density at radius 3 is 2.62 bits per heavy atom. The van der Waals surface area contributed by atoms with Gasteiger partial charge in [-0.3, -0.25) is 5.41 Å². The first kappa shape index (κ1) is 13.9. The lowest BCUT2D eigenvalue weighted by Crippen LogP contribution is -2.43. The van der Waals surface area contributed by atoms with Crippen molar-refractivity contribution in [3.05, 3.63) is 71.0 Å². The van der Waals surface area contributed by atoms with Crippen LogP contribution in [-0.4, -0.2) is 22.8 Å². The predicted octanol–water partition coefficient (Wildman–Crippen LogP) is 2.97. The second-order valence-corrected chi connectivity index (χ2v) is 6.74. The SMILES string of the molecule is N=c1nc2n(c3ccccc13)Cc1ccccc1C21CCOCC1. The van der Waals surface area contributed by atoms with Gasteiger partial charge < -0.3 is 9.30 Å². The summed E-state index contributed by atoms with van der Waals surface area (Å²) in [4.78, 5) is 4.79. The highest BCUT2D eigenvalue weighted by Crippen LogP contribution is 2.45. The first-order chi connectivity index (χ1) is 11.8. The Kier molecular flexibility index (Phi) is 2.91. The molecule has 120 valence electrons. The molecule has 2 aromatic carbocycles. The molecule has 0 saturated carbocycles. The zero-order chi connectivity index (χ0) is 16.1. The van der Waals surface area contributed by atoms with Gasteiger partial charge >= 0.3 is 0 Å². The van der Waals surface area contributed by atoms with E-state index in [1.165, 1.54) is 11.1 Å². The molecule has 2 aliphatic heterocycles. The average molecular weight is 317 g/mol. The molecule has 3 heterocycles. The largest absolute Gasteiger partial charge is 0.381 e. The van der Waals surface area contributed by atoms with E-state index in [4.69, 9.17) is 15.1 Å². The van der Waals surface area contributed by atoms with Crippen LogP contribution >= 0.6 is 0 Å². The van der Waals surface area contributed by atoms with E-state index < -0.39 is 0 Å². The lowest BCUT2D eigenvalue weighted by molar-refractivity contribution is 0.0574. The lowest BCUT2D eigenvalue weighted by Gasteiger charge is -2.43. The minimum absolute atomic E-state index is 0.132. The minimum atomic E-state index is -0.132. The summed E-state index contributed by atoms with van der Waals surface area (Å²) in [6.45, 7) is 2.31. The number of ether oxygens (including phenoxy) is 1. The fourth-order valence-electron chi connectivity index (χ4n) is 4.40. The van der Waals surface area contributed by atoms with Crippen molar-refractivity contribution in [1.29, 1.82) is 5.41 Å². The highest BCUT2D eigenvalue weighted by atomic mass is 16.5. The van der Waals surface area contributed by atoms with Crippen molar-refractivity contribution in [2.45, 2.75) is 24.8 Å². The molecule has 0 amide bonds. The number of hydrogen-bond donors (Lipinski definition) is 1. The van der Waals surface area contributed by atoms with Gasteiger partial charge in [0.2, 0.25) is 0 Å². The van der Waals surface area contributed by atoms with E-state index in [-0.39, 0.29) is 5.41 Å². The van der Waals surface area contributed by atoms with E-state index in [0.717, 1.165) is 49.3 Å². The molecule has 0 radical (unpaired) electrons. The van der Waals surface area contributed by atoms with E-state index in [2.05, 4.69) is 34.9 Å². The maximum absolute atomic E-state index is 8.43. The summed E-state index contributed by atoms with van der Waals surface area (Å²) < 4.78 is 7.98. The Hall–Kier alpha value is -2.46. The molecule has 4 nitrogen and oxygen atoms in total. The summed E-state index contributed by atoms with van der Waals surface area (Å²) in [6, 6.07) is 16.8. The van der Waals surface area contributed by atoms with Crippen LogP contribution in [0.1, 0.15) is 29.8 Å². The Labute approximate surface area is 140 Å². The topological polar surface area (TPSA) is 50.9 Å². The molecular weight excluding hydrogens is 298 g/mol. The van der Waals surface area contributed by atoms with Gasteiger partial charge in [0.1, 0.15) is 5.82 Å². The van der Waals surface area contributed by atoms with Crippen molar-refractivity contribution in [1.82, 2.24) is 9.55 Å². The van der Waals surface area contributed by atoms with Crippen LogP contribution in [0.25, 0.3) is 10.9 Å². The van der Waals surface area contributed by atoms with E-state index in [9.17, 15) is 0 Å². The number of aromatic nitrogens is 2. The van der Waals surface area contributed by atoms with E-state index in [0.29, 0.717) is 5.49 Å². The molecule has 1 N–H and O–H groups in total. The molecular formula is C20H19N3O. The van der Waals surface area contributed by atoms with Crippen molar-refractivity contribution < 1.29 is 4.74 Å². The standard InChI is InChI=1S/C20H19N3O/c21-18-15-6-2-4-8-17(15)23-13-14-5-1-3-7-16(14)20(19(23)22-18)9-11-24-12-10-20/h1-8,21H,9-13H2. The van der Waals surface area contributed by atoms with Crippen LogP contribution in [0, 0.1) is 5.41 Å². The smallest absolute Gasteiger partial charge is 0.156 e. The number of nitrogens with one attached hydrogen (secondary N) is 1. The predicted molar refractivity (Wildman–Crippen MR) is 92.0 cm³/mol. The van der Waals surface area contributed by atoms with Gasteiger partial charge in [-0.15, -0.1) is 0 Å². The van der Waals surface area contributed by atoms with Crippen LogP contribution in [0.3, 0.4) is 0 Å². The first-order valence-corrected chi connectivity index (χ1v) is 8.50. The Morgan fingerprint density at radius 1 is 1.00 bits per heavy atom. The molecule has 0 atom stereocenters. The quantitative estimate of drug-likeness (QED) is 0.693. The molecule has 1 spiro atoms. The summed E-state index contributed by atoms with van der Waals surface area (Å²) in [5.74, 6) is 1.04. The molecule has 0 bridgehead atoms. The molecule has 1 aromatic heterocycles. The average Bonchev–Trinajstić information content (AvgIpc) is 2.64. The minimum Gasteiger partial charge on any atom is -0.381 e. The Morgan fingerprint density at radius 2 is 1.75 bits per heavy atom. The van der Waals surface area contributed by atoms with Crippen molar-refractivity contribution in [2.75, 3.05) is 13.2 Å². The third kappa shape index (κ3) is 1.77. The molecule has 2 aliphatic rings. The second kappa shape index (κ2) is 5.02. The number of para-hydroxylation sites is 1. The van der Waals surface area contributed by atoms with Gasteiger partial charge in [0, 0.05) is 25.1 Å². The zero-order valence-electron chi connectivity index (χ0n) is 13.5. The number of hydrogen-bond acceptors (Lipinski definition) is 3. The first-order valence-electron chi connectivity index (χ1n) is 8.50. The van der Waals surface area contributed by atoms with Crippen LogP contribution in [0.4, 0.5) is 0 Å². The number of fused-ring (bicyclic) bond motifs is 6. The maximum atomic E-state index is 8.43. The summed E-state index contributed by atoms with van der Waals surface area (Å²) in [7, 11) is 0. The molecule has 0 unspecified atom stereocenters. The van der Waals surface area contributed by atoms with Gasteiger partial charge in [-0.25, -0.2) is 4.98 Å². The molecule has 1 fully saturated rings. The number of benzene rings is 2. The third-order valence-electron chi connectivity index (χ3n) is 5.56. The van der Waals surface area contributed by atoms with Crippen LogP contribution in [0.15, 0.2) is 48.5 Å². The molecule has 4 heteroatoms. The monoisotopic (exact) mass is 317 g/mol. The molecule has 3 aromatic rings. The van der Waals surface area contributed by atoms with E-state index in [1.807, 2.05) is 18.2 Å². The van der Waals surface area contributed by atoms with Crippen LogP contribution in [0.5, 0.6) is 0 Å². The zero-order valence-corrected chi connectivity index (χ0v) is 13.5. The van der Waals surface area contributed by atoms with Crippen LogP contribution < -0.4 is 5.49 Å². The Balaban J connectivity index is 1.89. The second-order valence-electron chi connectivity index (χ2n) is 6.74. The summed E-state index contributed by atoms with van der Waals surface area (Å²) in [5.41, 5.74) is 4.08. The fourth-order valence-corrected chi connectivity index (χ4v) is 4.40. The van der Waals surface area contributed by atoms with Crippen molar-refractivity contribution >= 4 is 10.9 Å². The summed E-state index contributed by atoms with van der Waals surface area (Å²) >= 11 is 0. The van der Waals surface area contributed by atoms with Gasteiger partial charge in [-0.2, -0.15) is 0 Å². The van der Waals surface area contributed by atoms with Crippen molar-refractivity contribution in [3.63, 3.8) is 0 Å². The van der Waals surface area contributed by atoms with Gasteiger partial charge in [-0.05, 0) is 36.1 Å². The van der Waals surface area contributed by atoms with Gasteiger partial charge in [0.25, 0.3) is 0 Å². The fraction of sp³-hybridized carbons (Fsp3) is 0.300. The molecule has 24 heavy (non-hydrogen) atoms. The third-order valence-corrected chi connectivity index (χ3v) is 5.56. The highest BCUT2D eigenvalue weighted by Gasteiger charge is 2.43. The molecule has 0 aliphatic carbocycles.